The molecule has 142 valence electrons. The number of anilines is 1. The third-order valence-electron chi connectivity index (χ3n) is 5.44. The zero-order valence-electron chi connectivity index (χ0n) is 14.9. The number of carbonyl (C=O) groups is 3. The molecule has 4 N–H and O–H groups in total. The van der Waals surface area contributed by atoms with Gasteiger partial charge in [-0.15, -0.1) is 11.3 Å². The summed E-state index contributed by atoms with van der Waals surface area (Å²) in [4.78, 5) is 38.6. The van der Waals surface area contributed by atoms with E-state index in [1.54, 1.807) is 0 Å². The van der Waals surface area contributed by atoms with Crippen LogP contribution in [0.3, 0.4) is 0 Å². The van der Waals surface area contributed by atoms with E-state index in [1.165, 1.54) is 11.3 Å². The molecule has 3 rings (SSSR count). The Balaban J connectivity index is 1.62. The van der Waals surface area contributed by atoms with Crippen LogP contribution in [-0.4, -0.2) is 46.9 Å². The molecule has 1 aliphatic heterocycles. The fourth-order valence-corrected chi connectivity index (χ4v) is 5.22. The lowest BCUT2D eigenvalue weighted by molar-refractivity contribution is -0.138. The van der Waals surface area contributed by atoms with E-state index in [-0.39, 0.29) is 24.3 Å². The van der Waals surface area contributed by atoms with E-state index in [2.05, 4.69) is 10.2 Å². The van der Waals surface area contributed by atoms with Crippen LogP contribution >= 0.6 is 11.3 Å². The molecule has 1 aromatic rings. The Bertz CT molecular complexity index is 722. The number of rotatable bonds is 6. The smallest absolute Gasteiger partial charge is 0.303 e. The molecule has 7 nitrogen and oxygen atoms in total. The number of fused-ring (bicyclic) bond motifs is 1. The van der Waals surface area contributed by atoms with Crippen LogP contribution in [0.15, 0.2) is 0 Å². The number of nitrogens with one attached hydrogen (secondary N) is 1. The van der Waals surface area contributed by atoms with E-state index in [0.29, 0.717) is 23.7 Å². The molecular formula is C18H25N3O4S. The van der Waals surface area contributed by atoms with E-state index in [1.807, 2.05) is 6.92 Å². The fraction of sp³-hybridized carbons (Fsp3) is 0.611. The van der Waals surface area contributed by atoms with Crippen molar-refractivity contribution in [2.75, 3.05) is 18.4 Å². The van der Waals surface area contributed by atoms with Gasteiger partial charge in [0.1, 0.15) is 5.00 Å². The number of likely N-dealkylation sites (tertiary alicyclic amines) is 1. The number of carboxylic acid groups (broad SMARTS) is 1. The standard InChI is InChI=1S/C18H25N3O4S/c1-10(21-7-5-11(6-8-21)9-14(22)23)17(25)20-18-15(16(19)24)12-3-2-4-13(12)26-18/h10-11H,2-9H2,1H3,(H2,19,24)(H,20,25)(H,22,23). The Morgan fingerprint density at radius 2 is 2.00 bits per heavy atom. The first kappa shape index (κ1) is 18.8. The van der Waals surface area contributed by atoms with Crippen LogP contribution in [0, 0.1) is 5.92 Å². The number of amides is 2. The monoisotopic (exact) mass is 379 g/mol. The van der Waals surface area contributed by atoms with Gasteiger partial charge in [-0.05, 0) is 63.6 Å². The largest absolute Gasteiger partial charge is 0.481 e. The van der Waals surface area contributed by atoms with Crippen LogP contribution in [0.2, 0.25) is 0 Å². The van der Waals surface area contributed by atoms with E-state index < -0.39 is 11.9 Å². The molecule has 0 radical (unpaired) electrons. The van der Waals surface area contributed by atoms with Crippen molar-refractivity contribution in [3.05, 3.63) is 16.0 Å². The summed E-state index contributed by atoms with van der Waals surface area (Å²) in [6.07, 6.45) is 4.55. The topological polar surface area (TPSA) is 113 Å². The Morgan fingerprint density at radius 3 is 2.62 bits per heavy atom. The highest BCUT2D eigenvalue weighted by Crippen LogP contribution is 2.39. The van der Waals surface area contributed by atoms with Crippen LogP contribution in [-0.2, 0) is 22.4 Å². The highest BCUT2D eigenvalue weighted by molar-refractivity contribution is 7.17. The molecule has 0 spiro atoms. The highest BCUT2D eigenvalue weighted by atomic mass is 32.1. The number of hydrogen-bond acceptors (Lipinski definition) is 5. The molecular weight excluding hydrogens is 354 g/mol. The second kappa shape index (κ2) is 7.75. The van der Waals surface area contributed by atoms with Gasteiger partial charge in [-0.1, -0.05) is 0 Å². The number of hydrogen-bond donors (Lipinski definition) is 3. The van der Waals surface area contributed by atoms with Crippen molar-refractivity contribution < 1.29 is 19.5 Å². The summed E-state index contributed by atoms with van der Waals surface area (Å²) in [5.74, 6) is -1.22. The lowest BCUT2D eigenvalue weighted by Gasteiger charge is -2.34. The number of carbonyl (C=O) groups excluding carboxylic acids is 2. The third kappa shape index (κ3) is 3.91. The number of carboxylic acids is 1. The maximum Gasteiger partial charge on any atom is 0.303 e. The minimum Gasteiger partial charge on any atom is -0.481 e. The molecule has 8 heteroatoms. The van der Waals surface area contributed by atoms with E-state index >= 15 is 0 Å². The second-order valence-electron chi connectivity index (χ2n) is 7.17. The minimum absolute atomic E-state index is 0.149. The molecule has 1 saturated heterocycles. The number of aliphatic carboxylic acids is 1. The van der Waals surface area contributed by atoms with Gasteiger partial charge in [-0.25, -0.2) is 0 Å². The van der Waals surface area contributed by atoms with Crippen molar-refractivity contribution in [3.63, 3.8) is 0 Å². The second-order valence-corrected chi connectivity index (χ2v) is 8.27. The fourth-order valence-electron chi connectivity index (χ4n) is 3.93. The van der Waals surface area contributed by atoms with Gasteiger partial charge in [0.15, 0.2) is 0 Å². The molecule has 1 aliphatic carbocycles. The number of piperidine rings is 1. The average Bonchev–Trinajstić information content (AvgIpc) is 3.14. The molecule has 26 heavy (non-hydrogen) atoms. The molecule has 2 heterocycles. The van der Waals surface area contributed by atoms with Crippen LogP contribution in [0.5, 0.6) is 0 Å². The third-order valence-corrected chi connectivity index (χ3v) is 6.65. The Kier molecular flexibility index (Phi) is 5.62. The molecule has 0 aromatic carbocycles. The lowest BCUT2D eigenvalue weighted by Crippen LogP contribution is -2.46. The van der Waals surface area contributed by atoms with Crippen LogP contribution in [0.1, 0.15) is 53.4 Å². The molecule has 1 unspecified atom stereocenters. The predicted molar refractivity (Wildman–Crippen MR) is 99.5 cm³/mol. The van der Waals surface area contributed by atoms with Gasteiger partial charge in [0, 0.05) is 11.3 Å². The molecule has 2 aliphatic rings. The lowest BCUT2D eigenvalue weighted by atomic mass is 9.93. The van der Waals surface area contributed by atoms with Crippen molar-refractivity contribution in [2.24, 2.45) is 11.7 Å². The number of nitrogens with zero attached hydrogens (tertiary/aromatic N) is 1. The van der Waals surface area contributed by atoms with Gasteiger partial charge < -0.3 is 16.2 Å². The zero-order chi connectivity index (χ0) is 18.8. The Morgan fingerprint density at radius 1 is 1.31 bits per heavy atom. The highest BCUT2D eigenvalue weighted by Gasteiger charge is 2.30. The van der Waals surface area contributed by atoms with E-state index in [4.69, 9.17) is 10.8 Å². The van der Waals surface area contributed by atoms with Gasteiger partial charge in [0.2, 0.25) is 5.91 Å². The van der Waals surface area contributed by atoms with E-state index in [0.717, 1.165) is 42.5 Å². The van der Waals surface area contributed by atoms with Gasteiger partial charge in [-0.2, -0.15) is 0 Å². The number of primary amides is 1. The summed E-state index contributed by atoms with van der Waals surface area (Å²) in [5.41, 5.74) is 7.01. The molecule has 1 atom stereocenters. The van der Waals surface area contributed by atoms with Crippen LogP contribution < -0.4 is 11.1 Å². The molecule has 0 bridgehead atoms. The van der Waals surface area contributed by atoms with Crippen LogP contribution in [0.4, 0.5) is 5.00 Å². The van der Waals surface area contributed by atoms with Crippen molar-refractivity contribution >= 4 is 34.1 Å². The van der Waals surface area contributed by atoms with Crippen molar-refractivity contribution in [1.82, 2.24) is 4.90 Å². The molecule has 2 amide bonds. The first-order valence-electron chi connectivity index (χ1n) is 9.07. The van der Waals surface area contributed by atoms with Gasteiger partial charge >= 0.3 is 5.97 Å². The minimum atomic E-state index is -0.765. The summed E-state index contributed by atoms with van der Waals surface area (Å²) >= 11 is 1.46. The van der Waals surface area contributed by atoms with Gasteiger partial charge in [-0.3, -0.25) is 19.3 Å². The predicted octanol–water partition coefficient (Wildman–Crippen LogP) is 1.85. The summed E-state index contributed by atoms with van der Waals surface area (Å²) in [6.45, 7) is 3.25. The summed E-state index contributed by atoms with van der Waals surface area (Å²) in [5, 5.41) is 12.4. The number of thiophene rings is 1. The van der Waals surface area contributed by atoms with Crippen molar-refractivity contribution in [1.29, 1.82) is 0 Å². The molecule has 1 aromatic heterocycles. The molecule has 0 saturated carbocycles. The normalized spacial score (nSPS) is 19.1. The number of aryl methyl sites for hydroxylation is 1. The zero-order valence-corrected chi connectivity index (χ0v) is 15.7. The first-order valence-corrected chi connectivity index (χ1v) is 9.89. The summed E-state index contributed by atoms with van der Waals surface area (Å²) in [7, 11) is 0. The van der Waals surface area contributed by atoms with E-state index in [9.17, 15) is 14.4 Å². The Labute approximate surface area is 156 Å². The van der Waals surface area contributed by atoms with Crippen molar-refractivity contribution in [2.45, 2.75) is 51.5 Å². The molecule has 1 fully saturated rings. The first-order chi connectivity index (χ1) is 12.4. The SMILES string of the molecule is CC(C(=O)Nc1sc2c(c1C(N)=O)CCC2)N1CCC(CC(=O)O)CC1. The van der Waals surface area contributed by atoms with Gasteiger partial charge in [0.25, 0.3) is 5.91 Å². The summed E-state index contributed by atoms with van der Waals surface area (Å²) in [6, 6.07) is -0.335. The Hall–Kier alpha value is -1.93. The maximum atomic E-state index is 12.7. The number of nitrogens with two attached hydrogens (primary N) is 1. The van der Waals surface area contributed by atoms with Crippen molar-refractivity contribution in [3.8, 4) is 0 Å². The van der Waals surface area contributed by atoms with Gasteiger partial charge in [0.05, 0.1) is 11.6 Å². The quantitative estimate of drug-likeness (QED) is 0.698. The average molecular weight is 379 g/mol. The van der Waals surface area contributed by atoms with Crippen LogP contribution in [0.25, 0.3) is 0 Å². The maximum absolute atomic E-state index is 12.7. The summed E-state index contributed by atoms with van der Waals surface area (Å²) < 4.78 is 0.